The van der Waals surface area contributed by atoms with E-state index in [-0.39, 0.29) is 24.4 Å². The zero-order valence-corrected chi connectivity index (χ0v) is 13.0. The Labute approximate surface area is 131 Å². The van der Waals surface area contributed by atoms with Crippen molar-refractivity contribution in [2.24, 2.45) is 0 Å². The van der Waals surface area contributed by atoms with Gasteiger partial charge in [0.25, 0.3) is 0 Å². The Morgan fingerprint density at radius 1 is 1.23 bits per heavy atom. The lowest BCUT2D eigenvalue weighted by Crippen LogP contribution is -2.46. The van der Waals surface area contributed by atoms with Gasteiger partial charge in [-0.15, -0.1) is 0 Å². The molecule has 2 fully saturated rings. The predicted molar refractivity (Wildman–Crippen MR) is 82.1 cm³/mol. The lowest BCUT2D eigenvalue weighted by Gasteiger charge is -2.34. The molecule has 0 saturated carbocycles. The van der Waals surface area contributed by atoms with Gasteiger partial charge in [-0.1, -0.05) is 6.42 Å². The number of amides is 2. The number of piperidine rings is 1. The quantitative estimate of drug-likeness (QED) is 0.849. The van der Waals surface area contributed by atoms with Gasteiger partial charge >= 0.3 is 0 Å². The molecule has 1 aromatic rings. The van der Waals surface area contributed by atoms with Gasteiger partial charge in [0, 0.05) is 38.4 Å². The molecule has 1 aromatic heterocycles. The summed E-state index contributed by atoms with van der Waals surface area (Å²) >= 11 is 0. The van der Waals surface area contributed by atoms with Crippen LogP contribution in [0.5, 0.6) is 0 Å². The Balaban J connectivity index is 1.58. The number of carbonyl (C=O) groups excluding carboxylic acids is 2. The first-order chi connectivity index (χ1) is 10.7. The van der Waals surface area contributed by atoms with Crippen LogP contribution in [0.3, 0.4) is 0 Å². The average Bonchev–Trinajstić information content (AvgIpc) is 3.00. The van der Waals surface area contributed by atoms with Crippen molar-refractivity contribution in [3.05, 3.63) is 18.5 Å². The van der Waals surface area contributed by atoms with E-state index >= 15 is 0 Å². The number of likely N-dealkylation sites (tertiary alicyclic amines) is 2. The molecule has 2 aliphatic rings. The van der Waals surface area contributed by atoms with Crippen molar-refractivity contribution in [1.29, 1.82) is 0 Å². The zero-order valence-electron chi connectivity index (χ0n) is 13.0. The van der Waals surface area contributed by atoms with E-state index in [9.17, 15) is 9.59 Å². The molecular formula is C16H24N4O2. The van der Waals surface area contributed by atoms with Crippen molar-refractivity contribution in [2.45, 2.75) is 44.6 Å². The van der Waals surface area contributed by atoms with E-state index in [2.05, 4.69) is 5.10 Å². The largest absolute Gasteiger partial charge is 0.339 e. The lowest BCUT2D eigenvalue weighted by molar-refractivity contribution is -0.141. The van der Waals surface area contributed by atoms with E-state index in [0.717, 1.165) is 45.2 Å². The molecule has 3 rings (SSSR count). The van der Waals surface area contributed by atoms with Crippen LogP contribution >= 0.6 is 0 Å². The fraction of sp³-hybridized carbons (Fsp3) is 0.688. The van der Waals surface area contributed by atoms with Crippen molar-refractivity contribution >= 4 is 11.8 Å². The van der Waals surface area contributed by atoms with Crippen molar-refractivity contribution in [3.63, 3.8) is 0 Å². The summed E-state index contributed by atoms with van der Waals surface area (Å²) in [6.07, 6.45) is 9.40. The topological polar surface area (TPSA) is 58.4 Å². The number of carbonyl (C=O) groups is 2. The molecule has 0 unspecified atom stereocenters. The van der Waals surface area contributed by atoms with E-state index in [1.54, 1.807) is 11.1 Å². The highest BCUT2D eigenvalue weighted by Crippen LogP contribution is 2.21. The van der Waals surface area contributed by atoms with Crippen LogP contribution in [0.2, 0.25) is 0 Å². The molecule has 1 atom stereocenters. The number of nitrogens with zero attached hydrogens (tertiary/aromatic N) is 4. The van der Waals surface area contributed by atoms with Crippen LogP contribution in [0.4, 0.5) is 0 Å². The molecular weight excluding hydrogens is 280 g/mol. The third kappa shape index (κ3) is 3.48. The smallest absolute Gasteiger partial charge is 0.242 e. The molecule has 0 N–H and O–H groups in total. The van der Waals surface area contributed by atoms with Crippen LogP contribution in [-0.2, 0) is 9.59 Å². The van der Waals surface area contributed by atoms with E-state index in [1.807, 2.05) is 21.8 Å². The first-order valence-electron chi connectivity index (χ1n) is 8.29. The summed E-state index contributed by atoms with van der Waals surface area (Å²) in [5.74, 6) is 0.207. The minimum atomic E-state index is 0.0760. The molecule has 0 aromatic carbocycles. The maximum atomic E-state index is 12.5. The summed E-state index contributed by atoms with van der Waals surface area (Å²) in [5.41, 5.74) is 0. The minimum Gasteiger partial charge on any atom is -0.339 e. The SMILES string of the molecule is O=C1CCCCCN1CC(=O)N1CCC[C@H](n2cccn2)C1. The van der Waals surface area contributed by atoms with Gasteiger partial charge in [0.15, 0.2) is 0 Å². The molecule has 22 heavy (non-hydrogen) atoms. The highest BCUT2D eigenvalue weighted by Gasteiger charge is 2.27. The summed E-state index contributed by atoms with van der Waals surface area (Å²) in [5, 5.41) is 4.29. The highest BCUT2D eigenvalue weighted by molar-refractivity contribution is 5.85. The van der Waals surface area contributed by atoms with Crippen molar-refractivity contribution < 1.29 is 9.59 Å². The first kappa shape index (κ1) is 15.1. The van der Waals surface area contributed by atoms with Crippen LogP contribution in [0, 0.1) is 0 Å². The van der Waals surface area contributed by atoms with Crippen molar-refractivity contribution in [3.8, 4) is 0 Å². The second-order valence-electron chi connectivity index (χ2n) is 6.25. The maximum absolute atomic E-state index is 12.5. The predicted octanol–water partition coefficient (Wildman–Crippen LogP) is 1.45. The molecule has 0 radical (unpaired) electrons. The molecule has 120 valence electrons. The number of rotatable bonds is 3. The molecule has 6 heteroatoms. The van der Waals surface area contributed by atoms with E-state index in [1.165, 1.54) is 0 Å². The maximum Gasteiger partial charge on any atom is 0.242 e. The Bertz CT molecular complexity index is 514. The molecule has 2 saturated heterocycles. The Morgan fingerprint density at radius 3 is 2.95 bits per heavy atom. The molecule has 2 aliphatic heterocycles. The van der Waals surface area contributed by atoms with Crippen molar-refractivity contribution in [2.75, 3.05) is 26.2 Å². The third-order valence-corrected chi connectivity index (χ3v) is 4.65. The van der Waals surface area contributed by atoms with Crippen molar-refractivity contribution in [1.82, 2.24) is 19.6 Å². The number of aromatic nitrogens is 2. The molecule has 0 spiro atoms. The fourth-order valence-corrected chi connectivity index (χ4v) is 3.36. The number of hydrogen-bond acceptors (Lipinski definition) is 3. The van der Waals surface area contributed by atoms with Gasteiger partial charge in [-0.2, -0.15) is 5.10 Å². The van der Waals surface area contributed by atoms with Gasteiger partial charge in [-0.25, -0.2) is 0 Å². The average molecular weight is 304 g/mol. The summed E-state index contributed by atoms with van der Waals surface area (Å²) in [7, 11) is 0. The second kappa shape index (κ2) is 6.94. The molecule has 0 bridgehead atoms. The normalized spacial score (nSPS) is 23.5. The number of hydrogen-bond donors (Lipinski definition) is 0. The van der Waals surface area contributed by atoms with E-state index in [4.69, 9.17) is 0 Å². The standard InChI is InChI=1S/C16H24N4O2/c21-15-7-2-1-3-9-19(15)13-16(22)18-10-4-6-14(12-18)20-11-5-8-17-20/h5,8,11,14H,1-4,6-7,9-10,12-13H2/t14-/m0/s1. The van der Waals surface area contributed by atoms with Crippen LogP contribution in [0.15, 0.2) is 18.5 Å². The summed E-state index contributed by atoms with van der Waals surface area (Å²) in [4.78, 5) is 28.2. The fourth-order valence-electron chi connectivity index (χ4n) is 3.36. The Hall–Kier alpha value is -1.85. The third-order valence-electron chi connectivity index (χ3n) is 4.65. The zero-order chi connectivity index (χ0) is 15.4. The molecule has 2 amide bonds. The summed E-state index contributed by atoms with van der Waals surface area (Å²) < 4.78 is 1.94. The first-order valence-corrected chi connectivity index (χ1v) is 8.29. The minimum absolute atomic E-state index is 0.0760. The summed E-state index contributed by atoms with van der Waals surface area (Å²) in [6.45, 7) is 2.45. The van der Waals surface area contributed by atoms with Gasteiger partial charge < -0.3 is 9.80 Å². The van der Waals surface area contributed by atoms with E-state index in [0.29, 0.717) is 13.0 Å². The van der Waals surface area contributed by atoms with Gasteiger partial charge in [-0.3, -0.25) is 14.3 Å². The highest BCUT2D eigenvalue weighted by atomic mass is 16.2. The van der Waals surface area contributed by atoms with Crippen LogP contribution < -0.4 is 0 Å². The van der Waals surface area contributed by atoms with E-state index < -0.39 is 0 Å². The molecule has 6 nitrogen and oxygen atoms in total. The van der Waals surface area contributed by atoms with Crippen LogP contribution in [-0.4, -0.2) is 57.6 Å². The summed E-state index contributed by atoms with van der Waals surface area (Å²) in [6, 6.07) is 2.17. The van der Waals surface area contributed by atoms with Gasteiger partial charge in [0.2, 0.25) is 11.8 Å². The molecule has 3 heterocycles. The van der Waals surface area contributed by atoms with Gasteiger partial charge in [0.05, 0.1) is 12.6 Å². The second-order valence-corrected chi connectivity index (χ2v) is 6.25. The Morgan fingerprint density at radius 2 is 2.14 bits per heavy atom. The van der Waals surface area contributed by atoms with Gasteiger partial charge in [-0.05, 0) is 31.7 Å². The van der Waals surface area contributed by atoms with Crippen LogP contribution in [0.1, 0.15) is 44.6 Å². The van der Waals surface area contributed by atoms with Gasteiger partial charge in [0.1, 0.15) is 0 Å². The Kier molecular flexibility index (Phi) is 4.75. The molecule has 0 aliphatic carbocycles. The lowest BCUT2D eigenvalue weighted by atomic mass is 10.1. The monoisotopic (exact) mass is 304 g/mol. The van der Waals surface area contributed by atoms with Crippen LogP contribution in [0.25, 0.3) is 0 Å².